The largest absolute Gasteiger partial charge is 0.324 e. The van der Waals surface area contributed by atoms with Gasteiger partial charge < -0.3 is 5.32 Å². The highest BCUT2D eigenvalue weighted by molar-refractivity contribution is 7.89. The lowest BCUT2D eigenvalue weighted by Crippen LogP contribution is -2.45. The van der Waals surface area contributed by atoms with Crippen molar-refractivity contribution in [2.45, 2.75) is 31.2 Å². The molecule has 0 aliphatic heterocycles. The first-order chi connectivity index (χ1) is 15.8. The molecule has 1 aromatic heterocycles. The van der Waals surface area contributed by atoms with Crippen molar-refractivity contribution in [3.8, 4) is 0 Å². The summed E-state index contributed by atoms with van der Waals surface area (Å²) in [7, 11) is -4.03. The number of amides is 1. The number of hydrogen-bond donors (Lipinski definition) is 2. The van der Waals surface area contributed by atoms with Gasteiger partial charge in [-0.05, 0) is 49.6 Å². The summed E-state index contributed by atoms with van der Waals surface area (Å²) >= 11 is 0. The van der Waals surface area contributed by atoms with E-state index in [-0.39, 0.29) is 11.3 Å². The Labute approximate surface area is 193 Å². The molecule has 33 heavy (non-hydrogen) atoms. The predicted octanol–water partition coefficient (Wildman–Crippen LogP) is 4.38. The predicted molar refractivity (Wildman–Crippen MR) is 131 cm³/mol. The molecule has 0 aliphatic carbocycles. The number of rotatable bonds is 7. The van der Waals surface area contributed by atoms with Crippen LogP contribution in [0.4, 0.5) is 5.69 Å². The number of benzene rings is 3. The molecule has 2 N–H and O–H groups in total. The topological polar surface area (TPSA) is 88.2 Å². The average molecular weight is 460 g/mol. The fraction of sp³-hybridized carbons (Fsp3) is 0.154. The molecule has 0 spiro atoms. The third kappa shape index (κ3) is 5.27. The van der Waals surface area contributed by atoms with Crippen LogP contribution in [0.3, 0.4) is 0 Å². The molecule has 0 radical (unpaired) electrons. The Morgan fingerprint density at radius 3 is 2.45 bits per heavy atom. The standard InChI is InChI=1S/C26H25N3O3S/c1-18-13-14-22(19(2)16-18)28-26(30)23(17-20-8-4-3-5-9-20)29-33(31,32)24-12-6-10-21-11-7-15-27-25(21)24/h3-16,23,29H,17H2,1-2H3,(H,28,30). The van der Waals surface area contributed by atoms with Gasteiger partial charge in [-0.1, -0.05) is 66.2 Å². The summed E-state index contributed by atoms with van der Waals surface area (Å²) in [5, 5.41) is 3.60. The van der Waals surface area contributed by atoms with Crippen LogP contribution in [0.15, 0.2) is 90.0 Å². The lowest BCUT2D eigenvalue weighted by molar-refractivity contribution is -0.117. The van der Waals surface area contributed by atoms with E-state index in [9.17, 15) is 13.2 Å². The monoisotopic (exact) mass is 459 g/mol. The lowest BCUT2D eigenvalue weighted by Gasteiger charge is -2.20. The molecule has 1 unspecified atom stereocenters. The number of hydrogen-bond acceptors (Lipinski definition) is 4. The molecule has 168 valence electrons. The third-order valence-corrected chi connectivity index (χ3v) is 6.92. The zero-order valence-corrected chi connectivity index (χ0v) is 19.3. The van der Waals surface area contributed by atoms with Gasteiger partial charge in [0.25, 0.3) is 0 Å². The molecule has 6 nitrogen and oxygen atoms in total. The molecule has 0 bridgehead atoms. The lowest BCUT2D eigenvalue weighted by atomic mass is 10.1. The van der Waals surface area contributed by atoms with E-state index in [4.69, 9.17) is 0 Å². The van der Waals surface area contributed by atoms with Gasteiger partial charge in [-0.25, -0.2) is 8.42 Å². The van der Waals surface area contributed by atoms with Crippen LogP contribution in [0, 0.1) is 13.8 Å². The molecule has 0 fully saturated rings. The molecular weight excluding hydrogens is 434 g/mol. The van der Waals surface area contributed by atoms with Gasteiger partial charge in [-0.3, -0.25) is 9.78 Å². The molecule has 1 heterocycles. The van der Waals surface area contributed by atoms with Crippen LogP contribution in [0.2, 0.25) is 0 Å². The fourth-order valence-electron chi connectivity index (χ4n) is 3.76. The number of carbonyl (C=O) groups excluding carboxylic acids is 1. The molecule has 1 atom stereocenters. The number of aryl methyl sites for hydroxylation is 2. The second-order valence-electron chi connectivity index (χ2n) is 8.00. The summed E-state index contributed by atoms with van der Waals surface area (Å²) in [5.41, 5.74) is 3.84. The SMILES string of the molecule is Cc1ccc(NC(=O)C(Cc2ccccc2)NS(=O)(=O)c2cccc3cccnc23)c(C)c1. The Morgan fingerprint density at radius 2 is 1.70 bits per heavy atom. The van der Waals surface area contributed by atoms with Gasteiger partial charge in [-0.2, -0.15) is 4.72 Å². The number of para-hydroxylation sites is 1. The maximum absolute atomic E-state index is 13.4. The molecule has 4 aromatic rings. The van der Waals surface area contributed by atoms with Crippen LogP contribution >= 0.6 is 0 Å². The van der Waals surface area contributed by atoms with E-state index in [1.165, 1.54) is 6.07 Å². The molecular formula is C26H25N3O3S. The number of nitrogens with zero attached hydrogens (tertiary/aromatic N) is 1. The number of aromatic nitrogens is 1. The second kappa shape index (κ2) is 9.52. The quantitative estimate of drug-likeness (QED) is 0.429. The van der Waals surface area contributed by atoms with Crippen molar-refractivity contribution in [1.29, 1.82) is 0 Å². The van der Waals surface area contributed by atoms with Crippen LogP contribution in [-0.2, 0) is 21.2 Å². The van der Waals surface area contributed by atoms with Crippen LogP contribution < -0.4 is 10.0 Å². The first kappa shape index (κ1) is 22.6. The number of sulfonamides is 1. The molecule has 3 aromatic carbocycles. The van der Waals surface area contributed by atoms with E-state index in [1.54, 1.807) is 30.5 Å². The zero-order chi connectivity index (χ0) is 23.4. The molecule has 7 heteroatoms. The number of anilines is 1. The van der Waals surface area contributed by atoms with Crippen molar-refractivity contribution in [1.82, 2.24) is 9.71 Å². The van der Waals surface area contributed by atoms with Crippen molar-refractivity contribution in [2.75, 3.05) is 5.32 Å². The fourth-order valence-corrected chi connectivity index (χ4v) is 5.13. The summed E-state index contributed by atoms with van der Waals surface area (Å²) in [6, 6.07) is 22.5. The van der Waals surface area contributed by atoms with E-state index >= 15 is 0 Å². The number of fused-ring (bicyclic) bond motifs is 1. The minimum atomic E-state index is -4.03. The van der Waals surface area contributed by atoms with Crippen LogP contribution in [0.25, 0.3) is 10.9 Å². The maximum atomic E-state index is 13.4. The second-order valence-corrected chi connectivity index (χ2v) is 9.68. The highest BCUT2D eigenvalue weighted by Crippen LogP contribution is 2.22. The molecule has 0 saturated carbocycles. The number of pyridine rings is 1. The highest BCUT2D eigenvalue weighted by atomic mass is 32.2. The first-order valence-electron chi connectivity index (χ1n) is 10.6. The smallest absolute Gasteiger partial charge is 0.243 e. The van der Waals surface area contributed by atoms with Gasteiger partial charge >= 0.3 is 0 Å². The Balaban J connectivity index is 1.67. The Morgan fingerprint density at radius 1 is 0.939 bits per heavy atom. The van der Waals surface area contributed by atoms with E-state index < -0.39 is 22.0 Å². The normalized spacial score (nSPS) is 12.4. The summed E-state index contributed by atoms with van der Waals surface area (Å²) in [6.07, 6.45) is 1.75. The minimum absolute atomic E-state index is 0.0398. The van der Waals surface area contributed by atoms with E-state index in [0.29, 0.717) is 16.6 Å². The van der Waals surface area contributed by atoms with E-state index in [2.05, 4.69) is 15.0 Å². The summed E-state index contributed by atoms with van der Waals surface area (Å²) < 4.78 is 29.4. The minimum Gasteiger partial charge on any atom is -0.324 e. The summed E-state index contributed by atoms with van der Waals surface area (Å²) in [5.74, 6) is -0.428. The van der Waals surface area contributed by atoms with E-state index in [0.717, 1.165) is 16.7 Å². The van der Waals surface area contributed by atoms with Gasteiger partial charge in [0, 0.05) is 17.3 Å². The summed E-state index contributed by atoms with van der Waals surface area (Å²) in [6.45, 7) is 3.88. The Bertz CT molecular complexity index is 1400. The number of nitrogens with one attached hydrogen (secondary N) is 2. The summed E-state index contributed by atoms with van der Waals surface area (Å²) in [4.78, 5) is 17.6. The van der Waals surface area contributed by atoms with Gasteiger partial charge in [0.15, 0.2) is 0 Å². The third-order valence-electron chi connectivity index (χ3n) is 5.42. The Kier molecular flexibility index (Phi) is 6.53. The molecule has 0 aliphatic rings. The maximum Gasteiger partial charge on any atom is 0.243 e. The van der Waals surface area contributed by atoms with Crippen molar-refractivity contribution >= 4 is 32.5 Å². The van der Waals surface area contributed by atoms with Crippen LogP contribution in [-0.4, -0.2) is 25.4 Å². The Hall–Kier alpha value is -3.55. The van der Waals surface area contributed by atoms with Crippen molar-refractivity contribution in [2.24, 2.45) is 0 Å². The molecule has 4 rings (SSSR count). The van der Waals surface area contributed by atoms with Crippen molar-refractivity contribution < 1.29 is 13.2 Å². The van der Waals surface area contributed by atoms with Gasteiger partial charge in [0.05, 0.1) is 5.52 Å². The highest BCUT2D eigenvalue weighted by Gasteiger charge is 2.28. The van der Waals surface area contributed by atoms with Crippen LogP contribution in [0.1, 0.15) is 16.7 Å². The average Bonchev–Trinajstić information content (AvgIpc) is 2.80. The molecule has 1 amide bonds. The van der Waals surface area contributed by atoms with Gasteiger partial charge in [0.1, 0.15) is 10.9 Å². The van der Waals surface area contributed by atoms with Crippen molar-refractivity contribution in [3.63, 3.8) is 0 Å². The number of carbonyl (C=O) groups is 1. The zero-order valence-electron chi connectivity index (χ0n) is 18.4. The van der Waals surface area contributed by atoms with Crippen molar-refractivity contribution in [3.05, 3.63) is 102 Å². The van der Waals surface area contributed by atoms with Gasteiger partial charge in [0.2, 0.25) is 15.9 Å². The van der Waals surface area contributed by atoms with Crippen LogP contribution in [0.5, 0.6) is 0 Å². The first-order valence-corrected chi connectivity index (χ1v) is 12.1. The van der Waals surface area contributed by atoms with E-state index in [1.807, 2.05) is 62.4 Å². The molecule has 0 saturated heterocycles. The van der Waals surface area contributed by atoms with Gasteiger partial charge in [-0.15, -0.1) is 0 Å².